The summed E-state index contributed by atoms with van der Waals surface area (Å²) in [6.45, 7) is 6.28. The first kappa shape index (κ1) is 22.5. The molecule has 3 aromatic rings. The molecular formula is C28H33N3O3. The number of ether oxygens (including phenoxy) is 1. The van der Waals surface area contributed by atoms with Crippen molar-refractivity contribution in [2.24, 2.45) is 0 Å². The van der Waals surface area contributed by atoms with Gasteiger partial charge >= 0.3 is 0 Å². The van der Waals surface area contributed by atoms with Crippen molar-refractivity contribution in [2.45, 2.75) is 71.0 Å². The van der Waals surface area contributed by atoms with Gasteiger partial charge in [-0.05, 0) is 69.0 Å². The summed E-state index contributed by atoms with van der Waals surface area (Å²) < 4.78 is 7.43. The van der Waals surface area contributed by atoms with E-state index in [1.807, 2.05) is 67.8 Å². The van der Waals surface area contributed by atoms with E-state index in [1.165, 1.54) is 6.42 Å². The van der Waals surface area contributed by atoms with Crippen LogP contribution in [0.2, 0.25) is 0 Å². The lowest BCUT2D eigenvalue weighted by atomic mass is 9.90. The minimum Gasteiger partial charge on any atom is -0.497 e. The summed E-state index contributed by atoms with van der Waals surface area (Å²) in [7, 11) is 1.64. The number of benzene rings is 2. The Bertz CT molecular complexity index is 1270. The van der Waals surface area contributed by atoms with Crippen molar-refractivity contribution in [1.82, 2.24) is 9.88 Å². The highest BCUT2D eigenvalue weighted by Gasteiger charge is 2.49. The first-order chi connectivity index (χ1) is 16.3. The van der Waals surface area contributed by atoms with Crippen LogP contribution < -0.4 is 15.0 Å². The number of methoxy groups -OCH3 is 1. The number of hydrogen-bond donors (Lipinski definition) is 1. The second-order valence-electron chi connectivity index (χ2n) is 10.1. The van der Waals surface area contributed by atoms with Crippen LogP contribution in [0.25, 0.3) is 10.9 Å². The van der Waals surface area contributed by atoms with Crippen LogP contribution in [-0.2, 0) is 11.3 Å². The SMILES string of the molecule is COc1ccc2cc3n(c2c1)C[C@](C)(C(=O)NC1CCCCC1)N(c1cc(C)ccc1C)C3=O. The largest absolute Gasteiger partial charge is 0.497 e. The molecule has 0 radical (unpaired) electrons. The number of aromatic nitrogens is 1. The molecule has 1 N–H and O–H groups in total. The number of amides is 2. The number of nitrogens with one attached hydrogen (secondary N) is 1. The Balaban J connectivity index is 1.65. The zero-order valence-corrected chi connectivity index (χ0v) is 20.5. The fraction of sp³-hybridized carbons (Fsp3) is 0.429. The Morgan fingerprint density at radius 1 is 1.06 bits per heavy atom. The summed E-state index contributed by atoms with van der Waals surface area (Å²) in [6, 6.07) is 14.0. The van der Waals surface area contributed by atoms with Crippen molar-refractivity contribution < 1.29 is 14.3 Å². The van der Waals surface area contributed by atoms with Gasteiger partial charge in [-0.15, -0.1) is 0 Å². The van der Waals surface area contributed by atoms with E-state index in [0.717, 1.165) is 59.2 Å². The monoisotopic (exact) mass is 459 g/mol. The number of nitrogens with zero attached hydrogens (tertiary/aromatic N) is 2. The first-order valence-corrected chi connectivity index (χ1v) is 12.2. The van der Waals surface area contributed by atoms with Crippen LogP contribution in [0, 0.1) is 13.8 Å². The van der Waals surface area contributed by atoms with Gasteiger partial charge in [0.05, 0.1) is 19.2 Å². The molecule has 178 valence electrons. The zero-order chi connectivity index (χ0) is 24.0. The highest BCUT2D eigenvalue weighted by Crippen LogP contribution is 2.38. The standard InChI is InChI=1S/C28H33N3O3/c1-18-10-11-19(2)23(14-18)31-26(32)25-15-20-12-13-22(34-4)16-24(20)30(25)17-28(31,3)27(33)29-21-8-6-5-7-9-21/h10-16,21H,5-9,17H2,1-4H3,(H,29,33)/t28-/m1/s1. The van der Waals surface area contributed by atoms with Crippen molar-refractivity contribution in [3.05, 3.63) is 59.3 Å². The predicted molar refractivity (Wildman–Crippen MR) is 135 cm³/mol. The number of aryl methyl sites for hydroxylation is 2. The molecular weight excluding hydrogens is 426 g/mol. The molecule has 2 amide bonds. The maximum absolute atomic E-state index is 14.1. The minimum atomic E-state index is -1.07. The summed E-state index contributed by atoms with van der Waals surface area (Å²) in [4.78, 5) is 29.8. The Morgan fingerprint density at radius 3 is 2.56 bits per heavy atom. The molecule has 5 rings (SSSR count). The van der Waals surface area contributed by atoms with Gasteiger partial charge in [0.2, 0.25) is 5.91 Å². The Labute approximate surface area is 200 Å². The lowest BCUT2D eigenvalue weighted by Crippen LogP contribution is -2.65. The van der Waals surface area contributed by atoms with Crippen molar-refractivity contribution in [3.8, 4) is 5.75 Å². The number of anilines is 1. The number of hydrogen-bond acceptors (Lipinski definition) is 3. The molecule has 1 fully saturated rings. The van der Waals surface area contributed by atoms with E-state index < -0.39 is 5.54 Å². The van der Waals surface area contributed by atoms with Crippen molar-refractivity contribution in [2.75, 3.05) is 12.0 Å². The average molecular weight is 460 g/mol. The Morgan fingerprint density at radius 2 is 1.82 bits per heavy atom. The second kappa shape index (κ2) is 8.49. The molecule has 0 bridgehead atoms. The average Bonchev–Trinajstić information content (AvgIpc) is 3.19. The smallest absolute Gasteiger partial charge is 0.275 e. The van der Waals surface area contributed by atoms with Crippen LogP contribution in [-0.4, -0.2) is 35.1 Å². The minimum absolute atomic E-state index is 0.0935. The molecule has 1 saturated carbocycles. The van der Waals surface area contributed by atoms with Crippen LogP contribution in [0.1, 0.15) is 60.6 Å². The topological polar surface area (TPSA) is 63.6 Å². The molecule has 2 aromatic carbocycles. The molecule has 2 aliphatic rings. The Hall–Kier alpha value is -3.28. The van der Waals surface area contributed by atoms with Crippen LogP contribution in [0.3, 0.4) is 0 Å². The molecule has 0 unspecified atom stereocenters. The molecule has 0 spiro atoms. The van der Waals surface area contributed by atoms with Gasteiger partial charge in [0.15, 0.2) is 0 Å². The van der Waals surface area contributed by atoms with Gasteiger partial charge in [-0.1, -0.05) is 31.4 Å². The van der Waals surface area contributed by atoms with Gasteiger partial charge < -0.3 is 14.6 Å². The van der Waals surface area contributed by atoms with Crippen LogP contribution in [0.4, 0.5) is 5.69 Å². The maximum Gasteiger partial charge on any atom is 0.275 e. The summed E-state index contributed by atoms with van der Waals surface area (Å²) in [5.74, 6) is 0.478. The van der Waals surface area contributed by atoms with E-state index in [-0.39, 0.29) is 17.9 Å². The van der Waals surface area contributed by atoms with E-state index in [4.69, 9.17) is 4.74 Å². The predicted octanol–water partition coefficient (Wildman–Crippen LogP) is 5.13. The van der Waals surface area contributed by atoms with Gasteiger partial charge in [0.1, 0.15) is 17.0 Å². The third-order valence-electron chi connectivity index (χ3n) is 7.53. The summed E-state index contributed by atoms with van der Waals surface area (Å²) in [5, 5.41) is 4.27. The molecule has 1 atom stereocenters. The molecule has 34 heavy (non-hydrogen) atoms. The number of carbonyl (C=O) groups is 2. The highest BCUT2D eigenvalue weighted by molar-refractivity contribution is 6.14. The van der Waals surface area contributed by atoms with Crippen LogP contribution >= 0.6 is 0 Å². The number of fused-ring (bicyclic) bond motifs is 3. The quantitative estimate of drug-likeness (QED) is 0.588. The zero-order valence-electron chi connectivity index (χ0n) is 20.5. The van der Waals surface area contributed by atoms with Crippen LogP contribution in [0.15, 0.2) is 42.5 Å². The van der Waals surface area contributed by atoms with Gasteiger partial charge in [0, 0.05) is 23.2 Å². The summed E-state index contributed by atoms with van der Waals surface area (Å²) in [6.07, 6.45) is 5.47. The first-order valence-electron chi connectivity index (χ1n) is 12.2. The lowest BCUT2D eigenvalue weighted by molar-refractivity contribution is -0.127. The molecule has 1 aromatic heterocycles. The lowest BCUT2D eigenvalue weighted by Gasteiger charge is -2.45. The van der Waals surface area contributed by atoms with Gasteiger partial charge in [-0.2, -0.15) is 0 Å². The van der Waals surface area contributed by atoms with E-state index in [1.54, 1.807) is 12.0 Å². The summed E-state index contributed by atoms with van der Waals surface area (Å²) >= 11 is 0. The molecule has 1 aliphatic carbocycles. The molecule has 1 aliphatic heterocycles. The normalized spacial score (nSPS) is 20.9. The molecule has 6 heteroatoms. The van der Waals surface area contributed by atoms with E-state index in [2.05, 4.69) is 5.32 Å². The fourth-order valence-electron chi connectivity index (χ4n) is 5.52. The van der Waals surface area contributed by atoms with Crippen molar-refractivity contribution in [1.29, 1.82) is 0 Å². The highest BCUT2D eigenvalue weighted by atomic mass is 16.5. The van der Waals surface area contributed by atoms with Crippen molar-refractivity contribution >= 4 is 28.4 Å². The van der Waals surface area contributed by atoms with Crippen LogP contribution in [0.5, 0.6) is 5.75 Å². The van der Waals surface area contributed by atoms with Gasteiger partial charge in [-0.25, -0.2) is 0 Å². The van der Waals surface area contributed by atoms with Crippen molar-refractivity contribution in [3.63, 3.8) is 0 Å². The van der Waals surface area contributed by atoms with E-state index in [9.17, 15) is 9.59 Å². The fourth-order valence-corrected chi connectivity index (χ4v) is 5.52. The molecule has 6 nitrogen and oxygen atoms in total. The van der Waals surface area contributed by atoms with Gasteiger partial charge in [0.25, 0.3) is 5.91 Å². The molecule has 0 saturated heterocycles. The number of rotatable bonds is 4. The summed E-state index contributed by atoms with van der Waals surface area (Å²) in [5.41, 5.74) is 3.24. The number of carbonyl (C=O) groups excluding carboxylic acids is 2. The maximum atomic E-state index is 14.1. The Kier molecular flexibility index (Phi) is 5.62. The molecule has 2 heterocycles. The second-order valence-corrected chi connectivity index (χ2v) is 10.1. The third-order valence-corrected chi connectivity index (χ3v) is 7.53. The third kappa shape index (κ3) is 3.65. The van der Waals surface area contributed by atoms with E-state index in [0.29, 0.717) is 12.2 Å². The van der Waals surface area contributed by atoms with Gasteiger partial charge in [-0.3, -0.25) is 14.5 Å². The van der Waals surface area contributed by atoms with E-state index >= 15 is 0 Å².